The average molecular weight is 556 g/mol. The molecule has 0 saturated carbocycles. The van der Waals surface area contributed by atoms with E-state index in [1.165, 1.54) is 10.9 Å². The number of fused-ring (bicyclic) bond motifs is 1. The Morgan fingerprint density at radius 1 is 1.07 bits per heavy atom. The lowest BCUT2D eigenvalue weighted by Gasteiger charge is -2.27. The number of halogens is 3. The summed E-state index contributed by atoms with van der Waals surface area (Å²) in [5.41, 5.74) is 0.337. The molecular formula is C27H28F3N7O3. The van der Waals surface area contributed by atoms with Crippen LogP contribution in [0.4, 0.5) is 18.9 Å². The predicted octanol–water partition coefficient (Wildman–Crippen LogP) is 4.48. The van der Waals surface area contributed by atoms with Gasteiger partial charge in [0.25, 0.3) is 11.8 Å². The van der Waals surface area contributed by atoms with E-state index < -0.39 is 17.8 Å². The number of hydrogen-bond donors (Lipinski definition) is 1. The van der Waals surface area contributed by atoms with Crippen molar-refractivity contribution in [3.63, 3.8) is 0 Å². The third-order valence-electron chi connectivity index (χ3n) is 6.77. The summed E-state index contributed by atoms with van der Waals surface area (Å²) in [5.74, 6) is -0.852. The van der Waals surface area contributed by atoms with E-state index in [4.69, 9.17) is 4.74 Å². The fourth-order valence-electron chi connectivity index (χ4n) is 4.56. The minimum Gasteiger partial charge on any atom is -0.378 e. The maximum atomic E-state index is 14.0. The molecule has 0 aliphatic carbocycles. The zero-order valence-electron chi connectivity index (χ0n) is 22.2. The van der Waals surface area contributed by atoms with Crippen molar-refractivity contribution in [2.24, 2.45) is 0 Å². The van der Waals surface area contributed by atoms with Gasteiger partial charge >= 0.3 is 6.18 Å². The number of benzene rings is 1. The number of amides is 2. The number of hydrogen-bond acceptors (Lipinski definition) is 6. The number of aromatic nitrogens is 5. The maximum Gasteiger partial charge on any atom is 0.433 e. The lowest BCUT2D eigenvalue weighted by atomic mass is 10.0. The molecule has 0 radical (unpaired) electrons. The second-order valence-electron chi connectivity index (χ2n) is 9.68. The van der Waals surface area contributed by atoms with Crippen LogP contribution in [0, 0.1) is 0 Å². The van der Waals surface area contributed by atoms with Gasteiger partial charge < -0.3 is 15.0 Å². The molecule has 0 atom stereocenters. The third-order valence-corrected chi connectivity index (χ3v) is 6.77. The van der Waals surface area contributed by atoms with E-state index in [0.29, 0.717) is 42.9 Å². The Kier molecular flexibility index (Phi) is 7.32. The molecule has 1 aromatic carbocycles. The number of anilines is 1. The third kappa shape index (κ3) is 5.16. The van der Waals surface area contributed by atoms with Crippen LogP contribution < -0.4 is 5.32 Å². The van der Waals surface area contributed by atoms with Crippen LogP contribution in [-0.2, 0) is 17.5 Å². The molecule has 1 N–H and O–H groups in total. The molecule has 1 aliphatic heterocycles. The molecule has 0 unspecified atom stereocenters. The summed E-state index contributed by atoms with van der Waals surface area (Å²) in [6.07, 6.45) is -2.38. The van der Waals surface area contributed by atoms with Gasteiger partial charge in [-0.2, -0.15) is 23.4 Å². The monoisotopic (exact) mass is 555 g/mol. The summed E-state index contributed by atoms with van der Waals surface area (Å²) in [6, 6.07) is 7.99. The Morgan fingerprint density at radius 3 is 2.40 bits per heavy atom. The summed E-state index contributed by atoms with van der Waals surface area (Å²) in [4.78, 5) is 32.7. The van der Waals surface area contributed by atoms with Gasteiger partial charge in [-0.25, -0.2) is 9.50 Å². The Bertz CT molecular complexity index is 1550. The van der Waals surface area contributed by atoms with Crippen LogP contribution in [0.25, 0.3) is 16.9 Å². The smallest absolute Gasteiger partial charge is 0.378 e. The van der Waals surface area contributed by atoms with Crippen molar-refractivity contribution in [1.82, 2.24) is 29.3 Å². The van der Waals surface area contributed by atoms with Gasteiger partial charge in [0.15, 0.2) is 11.3 Å². The normalized spacial score (nSPS) is 14.2. The van der Waals surface area contributed by atoms with Crippen LogP contribution in [0.2, 0.25) is 0 Å². The highest BCUT2D eigenvalue weighted by Gasteiger charge is 2.36. The zero-order chi connectivity index (χ0) is 28.6. The van der Waals surface area contributed by atoms with Crippen LogP contribution in [-0.4, -0.2) is 67.4 Å². The highest BCUT2D eigenvalue weighted by molar-refractivity contribution is 6.11. The van der Waals surface area contributed by atoms with E-state index in [0.717, 1.165) is 17.8 Å². The van der Waals surface area contributed by atoms with E-state index >= 15 is 0 Å². The quantitative estimate of drug-likeness (QED) is 0.376. The van der Waals surface area contributed by atoms with Crippen molar-refractivity contribution in [2.75, 3.05) is 31.6 Å². The Balaban J connectivity index is 1.53. The SMILES string of the molecule is CCn1ncc(NC(=O)c2cnn3c(C(F)(F)F)cc(-c4ccc(C(C)C)cc4)nc23)c1C(=O)N1CCOCC1. The Hall–Kier alpha value is -4.26. The minimum atomic E-state index is -4.76. The topological polar surface area (TPSA) is 107 Å². The number of carbonyl (C=O) groups excluding carboxylic acids is 2. The lowest BCUT2D eigenvalue weighted by Crippen LogP contribution is -2.41. The summed E-state index contributed by atoms with van der Waals surface area (Å²) in [5, 5.41) is 10.7. The fraction of sp³-hybridized carbons (Fsp3) is 0.370. The summed E-state index contributed by atoms with van der Waals surface area (Å²) in [7, 11) is 0. The van der Waals surface area contributed by atoms with Gasteiger partial charge in [0, 0.05) is 25.2 Å². The first-order chi connectivity index (χ1) is 19.1. The van der Waals surface area contributed by atoms with Gasteiger partial charge in [0.05, 0.1) is 37.0 Å². The molecular weight excluding hydrogens is 527 g/mol. The van der Waals surface area contributed by atoms with E-state index in [1.807, 2.05) is 26.0 Å². The van der Waals surface area contributed by atoms with Crippen molar-refractivity contribution in [3.8, 4) is 11.3 Å². The van der Waals surface area contributed by atoms with E-state index in [-0.39, 0.29) is 40.1 Å². The second-order valence-corrected chi connectivity index (χ2v) is 9.68. The number of nitrogens with one attached hydrogen (secondary N) is 1. The molecule has 1 aliphatic rings. The Labute approximate surface area is 227 Å². The molecule has 2 amide bonds. The number of nitrogens with zero attached hydrogens (tertiary/aromatic N) is 6. The first-order valence-corrected chi connectivity index (χ1v) is 12.9. The molecule has 4 heterocycles. The molecule has 0 spiro atoms. The van der Waals surface area contributed by atoms with Crippen molar-refractivity contribution >= 4 is 23.1 Å². The predicted molar refractivity (Wildman–Crippen MR) is 140 cm³/mol. The van der Waals surface area contributed by atoms with Crippen molar-refractivity contribution in [3.05, 3.63) is 65.2 Å². The highest BCUT2D eigenvalue weighted by Crippen LogP contribution is 2.33. The van der Waals surface area contributed by atoms with Crippen LogP contribution in [0.1, 0.15) is 58.8 Å². The van der Waals surface area contributed by atoms with Gasteiger partial charge in [0.2, 0.25) is 0 Å². The van der Waals surface area contributed by atoms with Gasteiger partial charge in [-0.1, -0.05) is 38.1 Å². The molecule has 1 fully saturated rings. The van der Waals surface area contributed by atoms with Crippen LogP contribution in [0.15, 0.2) is 42.7 Å². The number of aryl methyl sites for hydroxylation is 1. The number of alkyl halides is 3. The summed E-state index contributed by atoms with van der Waals surface area (Å²) >= 11 is 0. The van der Waals surface area contributed by atoms with Crippen LogP contribution >= 0.6 is 0 Å². The summed E-state index contributed by atoms with van der Waals surface area (Å²) in [6.45, 7) is 7.77. The molecule has 210 valence electrons. The fourth-order valence-corrected chi connectivity index (χ4v) is 4.56. The lowest BCUT2D eigenvalue weighted by molar-refractivity contribution is -0.142. The van der Waals surface area contributed by atoms with Crippen LogP contribution in [0.3, 0.4) is 0 Å². The highest BCUT2D eigenvalue weighted by atomic mass is 19.4. The minimum absolute atomic E-state index is 0.0478. The standard InChI is InChI=1S/C27H28F3N7O3/c1-4-36-23(26(39)35-9-11-40-12-10-35)21(15-31-36)34-25(38)19-14-32-37-22(27(28,29)30)13-20(33-24(19)37)18-7-5-17(6-8-18)16(2)3/h5-8,13-16H,4,9-12H2,1-3H3,(H,34,38). The molecule has 10 nitrogen and oxygen atoms in total. The number of ether oxygens (including phenoxy) is 1. The molecule has 0 bridgehead atoms. The molecule has 3 aromatic heterocycles. The second kappa shape index (κ2) is 10.7. The van der Waals surface area contributed by atoms with Gasteiger partial charge in [-0.3, -0.25) is 14.3 Å². The summed E-state index contributed by atoms with van der Waals surface area (Å²) < 4.78 is 49.5. The number of carbonyl (C=O) groups is 2. The molecule has 4 aromatic rings. The van der Waals surface area contributed by atoms with E-state index in [1.54, 1.807) is 24.0 Å². The van der Waals surface area contributed by atoms with Gasteiger partial charge in [0.1, 0.15) is 11.3 Å². The van der Waals surface area contributed by atoms with Crippen molar-refractivity contribution < 1.29 is 27.5 Å². The average Bonchev–Trinajstić information content (AvgIpc) is 3.56. The van der Waals surface area contributed by atoms with Gasteiger partial charge in [-0.05, 0) is 24.5 Å². The van der Waals surface area contributed by atoms with Gasteiger partial charge in [-0.15, -0.1) is 0 Å². The van der Waals surface area contributed by atoms with E-state index in [2.05, 4.69) is 20.5 Å². The van der Waals surface area contributed by atoms with Crippen LogP contribution in [0.5, 0.6) is 0 Å². The largest absolute Gasteiger partial charge is 0.433 e. The van der Waals surface area contributed by atoms with E-state index in [9.17, 15) is 22.8 Å². The first-order valence-electron chi connectivity index (χ1n) is 12.9. The molecule has 40 heavy (non-hydrogen) atoms. The first kappa shape index (κ1) is 27.3. The molecule has 1 saturated heterocycles. The Morgan fingerprint density at radius 2 is 1.77 bits per heavy atom. The number of rotatable bonds is 6. The maximum absolute atomic E-state index is 14.0. The van der Waals surface area contributed by atoms with Crippen molar-refractivity contribution in [2.45, 2.75) is 39.4 Å². The molecule has 5 rings (SSSR count). The number of morpholine rings is 1. The zero-order valence-corrected chi connectivity index (χ0v) is 22.2. The van der Waals surface area contributed by atoms with Crippen molar-refractivity contribution in [1.29, 1.82) is 0 Å². The molecule has 13 heteroatoms.